The maximum atomic E-state index is 12.3. The summed E-state index contributed by atoms with van der Waals surface area (Å²) in [4.78, 5) is 35.9. The summed E-state index contributed by atoms with van der Waals surface area (Å²) in [6.07, 6.45) is -0.708. The molecule has 142 valence electrons. The highest BCUT2D eigenvalue weighted by Crippen LogP contribution is 2.44. The molecule has 1 aliphatic heterocycles. The number of amides is 1. The van der Waals surface area contributed by atoms with Gasteiger partial charge < -0.3 is 9.47 Å². The van der Waals surface area contributed by atoms with Crippen LogP contribution >= 0.6 is 11.8 Å². The molecule has 0 atom stereocenters. The number of hydrogen-bond donors (Lipinski definition) is 1. The van der Waals surface area contributed by atoms with Crippen LogP contribution in [0, 0.1) is 0 Å². The van der Waals surface area contributed by atoms with Gasteiger partial charge in [0.05, 0.1) is 17.9 Å². The Labute approximate surface area is 165 Å². The zero-order chi connectivity index (χ0) is 19.7. The van der Waals surface area contributed by atoms with E-state index in [2.05, 4.69) is 22.2 Å². The molecule has 1 heterocycles. The van der Waals surface area contributed by atoms with Crippen molar-refractivity contribution in [1.29, 1.82) is 0 Å². The lowest BCUT2D eigenvalue weighted by atomic mass is 9.98. The molecule has 0 spiro atoms. The van der Waals surface area contributed by atoms with Crippen LogP contribution in [0.4, 0.5) is 4.79 Å². The fourth-order valence-electron chi connectivity index (χ4n) is 3.54. The quantitative estimate of drug-likeness (QED) is 0.632. The minimum atomic E-state index is -0.760. The van der Waals surface area contributed by atoms with Crippen molar-refractivity contribution in [3.05, 3.63) is 70.3 Å². The monoisotopic (exact) mass is 395 g/mol. The van der Waals surface area contributed by atoms with E-state index in [4.69, 9.17) is 4.74 Å². The number of carbonyl (C=O) groups excluding carboxylic acids is 3. The average Bonchev–Trinajstić information content (AvgIpc) is 3.23. The number of carbonyl (C=O) groups is 3. The van der Waals surface area contributed by atoms with Crippen LogP contribution in [0.3, 0.4) is 0 Å². The predicted octanol–water partition coefficient (Wildman–Crippen LogP) is 3.23. The van der Waals surface area contributed by atoms with Gasteiger partial charge in [-0.3, -0.25) is 10.1 Å². The second kappa shape index (κ2) is 7.52. The molecule has 0 radical (unpaired) electrons. The summed E-state index contributed by atoms with van der Waals surface area (Å²) < 4.78 is 10.1. The van der Waals surface area contributed by atoms with Gasteiger partial charge in [0.1, 0.15) is 12.2 Å². The number of fused-ring (bicyclic) bond motifs is 3. The van der Waals surface area contributed by atoms with E-state index in [1.807, 2.05) is 36.4 Å². The standard InChI is InChI=1S/C21H17NO5S/c1-26-20(24)18-17(23)11-28-19(18)22-21(25)27-10-16-14-8-4-2-6-12(14)13-7-3-5-9-15(13)16/h2-9,16H,10-11H2,1H3,(H,22,25). The van der Waals surface area contributed by atoms with Crippen molar-refractivity contribution >= 4 is 29.6 Å². The smallest absolute Gasteiger partial charge is 0.412 e. The number of ether oxygens (including phenoxy) is 2. The molecule has 2 aliphatic rings. The molecule has 0 saturated heterocycles. The van der Waals surface area contributed by atoms with Gasteiger partial charge >= 0.3 is 12.1 Å². The van der Waals surface area contributed by atoms with Crippen LogP contribution in [0.2, 0.25) is 0 Å². The number of esters is 1. The maximum Gasteiger partial charge on any atom is 0.412 e. The van der Waals surface area contributed by atoms with E-state index in [1.165, 1.54) is 7.11 Å². The molecule has 0 saturated carbocycles. The van der Waals surface area contributed by atoms with E-state index in [-0.39, 0.29) is 34.7 Å². The number of nitrogens with one attached hydrogen (secondary N) is 1. The summed E-state index contributed by atoms with van der Waals surface area (Å²) in [5.74, 6) is -1.11. The predicted molar refractivity (Wildman–Crippen MR) is 105 cm³/mol. The van der Waals surface area contributed by atoms with E-state index < -0.39 is 12.1 Å². The van der Waals surface area contributed by atoms with Crippen LogP contribution in [0.5, 0.6) is 0 Å². The molecule has 2 aromatic carbocycles. The Morgan fingerprint density at radius 1 is 1.07 bits per heavy atom. The molecule has 28 heavy (non-hydrogen) atoms. The number of rotatable bonds is 4. The summed E-state index contributed by atoms with van der Waals surface area (Å²) in [6.45, 7) is 0.152. The number of ketones is 1. The van der Waals surface area contributed by atoms with Gasteiger partial charge in [0.25, 0.3) is 0 Å². The molecule has 2 aromatic rings. The molecule has 1 amide bonds. The van der Waals surface area contributed by atoms with Crippen molar-refractivity contribution in [2.75, 3.05) is 19.5 Å². The van der Waals surface area contributed by atoms with Crippen LogP contribution in [0.15, 0.2) is 59.1 Å². The van der Waals surface area contributed by atoms with Crippen LogP contribution in [-0.4, -0.2) is 37.3 Å². The minimum absolute atomic E-state index is 0.0647. The molecule has 6 nitrogen and oxygen atoms in total. The topological polar surface area (TPSA) is 81.7 Å². The van der Waals surface area contributed by atoms with Gasteiger partial charge in [-0.05, 0) is 22.3 Å². The highest BCUT2D eigenvalue weighted by atomic mass is 32.2. The van der Waals surface area contributed by atoms with Gasteiger partial charge in [0.15, 0.2) is 5.78 Å². The van der Waals surface area contributed by atoms with Crippen molar-refractivity contribution in [1.82, 2.24) is 5.32 Å². The number of methoxy groups -OCH3 is 1. The van der Waals surface area contributed by atoms with E-state index in [9.17, 15) is 14.4 Å². The molecule has 0 fully saturated rings. The lowest BCUT2D eigenvalue weighted by Crippen LogP contribution is -2.26. The zero-order valence-corrected chi connectivity index (χ0v) is 15.9. The van der Waals surface area contributed by atoms with E-state index in [0.717, 1.165) is 34.0 Å². The SMILES string of the molecule is COC(=O)C1=C(NC(=O)OCC2c3ccccc3-c3ccccc32)SCC1=O. The first-order chi connectivity index (χ1) is 13.6. The second-order valence-corrected chi connectivity index (χ2v) is 7.34. The molecule has 4 rings (SSSR count). The molecule has 1 aliphatic carbocycles. The van der Waals surface area contributed by atoms with Gasteiger partial charge in [-0.25, -0.2) is 9.59 Å². The number of Topliss-reactive ketones (excluding diaryl/α,β-unsaturated/α-hetero) is 1. The number of alkyl carbamates (subject to hydrolysis) is 1. The Morgan fingerprint density at radius 3 is 2.29 bits per heavy atom. The van der Waals surface area contributed by atoms with Gasteiger partial charge in [0, 0.05) is 5.92 Å². The first kappa shape index (κ1) is 18.3. The Balaban J connectivity index is 1.49. The van der Waals surface area contributed by atoms with Crippen LogP contribution < -0.4 is 5.32 Å². The Bertz CT molecular complexity index is 968. The highest BCUT2D eigenvalue weighted by Gasteiger charge is 2.33. The molecule has 0 aromatic heterocycles. The molecular weight excluding hydrogens is 378 g/mol. The van der Waals surface area contributed by atoms with Crippen LogP contribution in [0.25, 0.3) is 11.1 Å². The summed E-state index contributed by atoms with van der Waals surface area (Å²) in [5.41, 5.74) is 4.35. The van der Waals surface area contributed by atoms with Crippen molar-refractivity contribution in [2.24, 2.45) is 0 Å². The molecule has 1 N–H and O–H groups in total. The third-order valence-electron chi connectivity index (χ3n) is 4.80. The fourth-order valence-corrected chi connectivity index (χ4v) is 4.46. The lowest BCUT2D eigenvalue weighted by Gasteiger charge is -2.15. The van der Waals surface area contributed by atoms with Gasteiger partial charge in [0.2, 0.25) is 0 Å². The Morgan fingerprint density at radius 2 is 1.68 bits per heavy atom. The van der Waals surface area contributed by atoms with Crippen LogP contribution in [-0.2, 0) is 19.1 Å². The van der Waals surface area contributed by atoms with E-state index in [1.54, 1.807) is 0 Å². The molecule has 7 heteroatoms. The number of benzene rings is 2. The number of thioether (sulfide) groups is 1. The van der Waals surface area contributed by atoms with E-state index in [0.29, 0.717) is 0 Å². The van der Waals surface area contributed by atoms with Gasteiger partial charge in [-0.15, -0.1) is 0 Å². The first-order valence-corrected chi connectivity index (χ1v) is 9.69. The Hall–Kier alpha value is -3.06. The summed E-state index contributed by atoms with van der Waals surface area (Å²) in [5, 5.41) is 2.68. The largest absolute Gasteiger partial charge is 0.465 e. The van der Waals surface area contributed by atoms with Crippen molar-refractivity contribution in [3.8, 4) is 11.1 Å². The second-order valence-electron chi connectivity index (χ2n) is 6.36. The zero-order valence-electron chi connectivity index (χ0n) is 15.1. The van der Waals surface area contributed by atoms with Gasteiger partial charge in [-0.1, -0.05) is 60.3 Å². The molecule has 0 unspecified atom stereocenters. The number of hydrogen-bond acceptors (Lipinski definition) is 6. The molecular formula is C21H17NO5S. The maximum absolute atomic E-state index is 12.3. The van der Waals surface area contributed by atoms with Crippen LogP contribution in [0.1, 0.15) is 17.0 Å². The third-order valence-corrected chi connectivity index (χ3v) is 5.80. The normalized spacial score (nSPS) is 15.2. The summed E-state index contributed by atoms with van der Waals surface area (Å²) >= 11 is 1.08. The lowest BCUT2D eigenvalue weighted by molar-refractivity contribution is -0.137. The third kappa shape index (κ3) is 3.18. The summed E-state index contributed by atoms with van der Waals surface area (Å²) in [7, 11) is 1.19. The summed E-state index contributed by atoms with van der Waals surface area (Å²) in [6, 6.07) is 16.1. The van der Waals surface area contributed by atoms with E-state index >= 15 is 0 Å². The Kier molecular flexibility index (Phi) is 4.92. The molecule has 0 bridgehead atoms. The highest BCUT2D eigenvalue weighted by molar-refractivity contribution is 8.04. The van der Waals surface area contributed by atoms with Crippen molar-refractivity contribution < 1.29 is 23.9 Å². The van der Waals surface area contributed by atoms with Crippen molar-refractivity contribution in [2.45, 2.75) is 5.92 Å². The van der Waals surface area contributed by atoms with Crippen molar-refractivity contribution in [3.63, 3.8) is 0 Å². The fraction of sp³-hybridized carbons (Fsp3) is 0.190. The van der Waals surface area contributed by atoms with Gasteiger partial charge in [-0.2, -0.15) is 0 Å². The average molecular weight is 395 g/mol. The minimum Gasteiger partial charge on any atom is -0.465 e. The first-order valence-electron chi connectivity index (χ1n) is 8.70.